The van der Waals surface area contributed by atoms with Gasteiger partial charge < -0.3 is 10.1 Å². The summed E-state index contributed by atoms with van der Waals surface area (Å²) in [6.45, 7) is 5.90. The normalized spacial score (nSPS) is 15.0. The highest BCUT2D eigenvalue weighted by Crippen LogP contribution is 2.26. The molecule has 1 atom stereocenters. The Morgan fingerprint density at radius 1 is 1.08 bits per heavy atom. The standard InChI is InChI=1S/C23H29NO2/c1-17(26-21-14-13-19-11-7-8-12-20(19)15-21)22(25)24-23(2,3)16-18-9-5-4-6-10-18/h4-6,9-10,13-15,17H,7-8,11-12,16H2,1-3H3,(H,24,25). The predicted molar refractivity (Wildman–Crippen MR) is 106 cm³/mol. The van der Waals surface area contributed by atoms with Crippen LogP contribution in [-0.4, -0.2) is 17.6 Å². The highest BCUT2D eigenvalue weighted by atomic mass is 16.5. The maximum absolute atomic E-state index is 12.6. The van der Waals surface area contributed by atoms with Crippen molar-refractivity contribution in [3.8, 4) is 5.75 Å². The number of carbonyl (C=O) groups is 1. The number of benzene rings is 2. The van der Waals surface area contributed by atoms with Gasteiger partial charge in [-0.25, -0.2) is 0 Å². The van der Waals surface area contributed by atoms with Crippen molar-refractivity contribution in [3.63, 3.8) is 0 Å². The topological polar surface area (TPSA) is 38.3 Å². The van der Waals surface area contributed by atoms with Gasteiger partial charge in [0.1, 0.15) is 5.75 Å². The summed E-state index contributed by atoms with van der Waals surface area (Å²) in [5.74, 6) is 0.706. The van der Waals surface area contributed by atoms with E-state index in [-0.39, 0.29) is 11.4 Å². The van der Waals surface area contributed by atoms with E-state index in [9.17, 15) is 4.79 Å². The molecular formula is C23H29NO2. The lowest BCUT2D eigenvalue weighted by Crippen LogP contribution is -2.49. The quantitative estimate of drug-likeness (QED) is 0.834. The molecule has 2 aromatic rings. The maximum Gasteiger partial charge on any atom is 0.261 e. The first kappa shape index (κ1) is 18.5. The van der Waals surface area contributed by atoms with Crippen molar-refractivity contribution < 1.29 is 9.53 Å². The van der Waals surface area contributed by atoms with Gasteiger partial charge in [0.15, 0.2) is 6.10 Å². The van der Waals surface area contributed by atoms with Crippen LogP contribution in [0.15, 0.2) is 48.5 Å². The molecule has 3 rings (SSSR count). The fraction of sp³-hybridized carbons (Fsp3) is 0.435. The number of rotatable bonds is 6. The molecule has 3 nitrogen and oxygen atoms in total. The Labute approximate surface area is 156 Å². The largest absolute Gasteiger partial charge is 0.481 e. The van der Waals surface area contributed by atoms with Gasteiger partial charge in [0, 0.05) is 5.54 Å². The van der Waals surface area contributed by atoms with Crippen LogP contribution >= 0.6 is 0 Å². The number of fused-ring (bicyclic) bond motifs is 1. The molecule has 1 aliphatic carbocycles. The van der Waals surface area contributed by atoms with Crippen LogP contribution in [0.25, 0.3) is 0 Å². The van der Waals surface area contributed by atoms with Gasteiger partial charge in [-0.3, -0.25) is 4.79 Å². The Kier molecular flexibility index (Phi) is 5.65. The number of carbonyl (C=O) groups excluding carboxylic acids is 1. The Bertz CT molecular complexity index is 752. The summed E-state index contributed by atoms with van der Waals surface area (Å²) >= 11 is 0. The number of aryl methyl sites for hydroxylation is 2. The number of ether oxygens (including phenoxy) is 1. The van der Waals surface area contributed by atoms with Gasteiger partial charge in [-0.15, -0.1) is 0 Å². The van der Waals surface area contributed by atoms with Crippen LogP contribution in [0, 0.1) is 0 Å². The molecule has 0 saturated heterocycles. The molecule has 3 heteroatoms. The third kappa shape index (κ3) is 4.87. The lowest BCUT2D eigenvalue weighted by atomic mass is 9.92. The van der Waals surface area contributed by atoms with Crippen molar-refractivity contribution in [2.45, 2.75) is 64.5 Å². The monoisotopic (exact) mass is 351 g/mol. The first-order chi connectivity index (χ1) is 12.4. The van der Waals surface area contributed by atoms with Gasteiger partial charge >= 0.3 is 0 Å². The third-order valence-corrected chi connectivity index (χ3v) is 4.95. The van der Waals surface area contributed by atoms with Crippen molar-refractivity contribution in [1.82, 2.24) is 5.32 Å². The van der Waals surface area contributed by atoms with Crippen LogP contribution in [-0.2, 0) is 24.1 Å². The van der Waals surface area contributed by atoms with E-state index in [4.69, 9.17) is 4.74 Å². The van der Waals surface area contributed by atoms with Crippen molar-refractivity contribution in [2.75, 3.05) is 0 Å². The SMILES string of the molecule is CC(Oc1ccc2c(c1)CCCC2)C(=O)NC(C)(C)Cc1ccccc1. The molecule has 0 bridgehead atoms. The zero-order valence-corrected chi connectivity index (χ0v) is 16.0. The number of hydrogen-bond acceptors (Lipinski definition) is 2. The zero-order chi connectivity index (χ0) is 18.6. The summed E-state index contributed by atoms with van der Waals surface area (Å²) in [7, 11) is 0. The molecule has 26 heavy (non-hydrogen) atoms. The minimum absolute atomic E-state index is 0.0800. The Morgan fingerprint density at radius 3 is 2.50 bits per heavy atom. The third-order valence-electron chi connectivity index (χ3n) is 4.95. The van der Waals surface area contributed by atoms with E-state index in [2.05, 4.69) is 29.6 Å². The lowest BCUT2D eigenvalue weighted by molar-refractivity contribution is -0.128. The fourth-order valence-electron chi connectivity index (χ4n) is 3.63. The molecule has 0 saturated carbocycles. The number of nitrogens with one attached hydrogen (secondary N) is 1. The van der Waals surface area contributed by atoms with Crippen molar-refractivity contribution in [2.24, 2.45) is 0 Å². The second kappa shape index (κ2) is 7.94. The van der Waals surface area contributed by atoms with Crippen LogP contribution < -0.4 is 10.1 Å². The Hall–Kier alpha value is -2.29. The van der Waals surface area contributed by atoms with Crippen LogP contribution in [0.4, 0.5) is 0 Å². The highest BCUT2D eigenvalue weighted by molar-refractivity contribution is 5.81. The van der Waals surface area contributed by atoms with Crippen molar-refractivity contribution in [1.29, 1.82) is 0 Å². The Morgan fingerprint density at radius 2 is 1.77 bits per heavy atom. The van der Waals surface area contributed by atoms with E-state index in [0.717, 1.165) is 25.0 Å². The number of amides is 1. The van der Waals surface area contributed by atoms with Gasteiger partial charge in [-0.05, 0) is 81.7 Å². The molecule has 2 aromatic carbocycles. The van der Waals surface area contributed by atoms with Gasteiger partial charge in [-0.1, -0.05) is 36.4 Å². The second-order valence-corrected chi connectivity index (χ2v) is 7.93. The molecule has 1 unspecified atom stereocenters. The van der Waals surface area contributed by atoms with Crippen LogP contribution in [0.5, 0.6) is 5.75 Å². The molecule has 0 heterocycles. The molecular weight excluding hydrogens is 322 g/mol. The summed E-state index contributed by atoms with van der Waals surface area (Å²) < 4.78 is 5.93. The highest BCUT2D eigenvalue weighted by Gasteiger charge is 2.25. The molecule has 0 radical (unpaired) electrons. The summed E-state index contributed by atoms with van der Waals surface area (Å²) in [6, 6.07) is 16.5. The minimum atomic E-state index is -0.522. The van der Waals surface area contributed by atoms with E-state index in [1.165, 1.54) is 29.5 Å². The summed E-state index contributed by atoms with van der Waals surface area (Å²) in [5, 5.41) is 3.12. The summed E-state index contributed by atoms with van der Waals surface area (Å²) in [5.41, 5.74) is 3.67. The van der Waals surface area contributed by atoms with Crippen LogP contribution in [0.2, 0.25) is 0 Å². The van der Waals surface area contributed by atoms with E-state index in [1.54, 1.807) is 0 Å². The fourth-order valence-corrected chi connectivity index (χ4v) is 3.63. The first-order valence-corrected chi connectivity index (χ1v) is 9.57. The zero-order valence-electron chi connectivity index (χ0n) is 16.0. The van der Waals surface area contributed by atoms with Crippen molar-refractivity contribution in [3.05, 3.63) is 65.2 Å². The van der Waals surface area contributed by atoms with Gasteiger partial charge in [0.25, 0.3) is 5.91 Å². The maximum atomic E-state index is 12.6. The van der Waals surface area contributed by atoms with Gasteiger partial charge in [-0.2, -0.15) is 0 Å². The molecule has 1 aliphatic rings. The molecule has 138 valence electrons. The van der Waals surface area contributed by atoms with Crippen molar-refractivity contribution >= 4 is 5.91 Å². The van der Waals surface area contributed by atoms with Crippen LogP contribution in [0.3, 0.4) is 0 Å². The average Bonchev–Trinajstić information content (AvgIpc) is 2.61. The molecule has 0 aliphatic heterocycles. The summed E-state index contributed by atoms with van der Waals surface area (Å²) in [6.07, 6.45) is 5.02. The minimum Gasteiger partial charge on any atom is -0.481 e. The number of hydrogen-bond donors (Lipinski definition) is 1. The molecule has 1 amide bonds. The summed E-state index contributed by atoms with van der Waals surface area (Å²) in [4.78, 5) is 12.6. The predicted octanol–water partition coefficient (Wildman–Crippen LogP) is 4.47. The molecule has 0 aromatic heterocycles. The Balaban J connectivity index is 1.59. The second-order valence-electron chi connectivity index (χ2n) is 7.93. The van der Waals surface area contributed by atoms with Gasteiger partial charge in [0.2, 0.25) is 0 Å². The van der Waals surface area contributed by atoms with E-state index < -0.39 is 6.10 Å². The smallest absolute Gasteiger partial charge is 0.261 e. The molecule has 1 N–H and O–H groups in total. The average molecular weight is 351 g/mol. The molecule has 0 fully saturated rings. The lowest BCUT2D eigenvalue weighted by Gasteiger charge is -2.28. The molecule has 0 spiro atoms. The first-order valence-electron chi connectivity index (χ1n) is 9.57. The van der Waals surface area contributed by atoms with Crippen LogP contribution in [0.1, 0.15) is 50.3 Å². The van der Waals surface area contributed by atoms with E-state index in [1.807, 2.05) is 45.0 Å². The van der Waals surface area contributed by atoms with E-state index >= 15 is 0 Å². The van der Waals surface area contributed by atoms with E-state index in [0.29, 0.717) is 0 Å². The van der Waals surface area contributed by atoms with Gasteiger partial charge in [0.05, 0.1) is 0 Å².